The number of ether oxygens (including phenoxy) is 1. The van der Waals surface area contributed by atoms with Crippen LogP contribution < -0.4 is 5.32 Å². The lowest BCUT2D eigenvalue weighted by atomic mass is 9.99. The molecule has 0 bridgehead atoms. The van der Waals surface area contributed by atoms with Crippen LogP contribution in [0.2, 0.25) is 0 Å². The summed E-state index contributed by atoms with van der Waals surface area (Å²) >= 11 is 0. The van der Waals surface area contributed by atoms with Gasteiger partial charge in [0.2, 0.25) is 0 Å². The van der Waals surface area contributed by atoms with Crippen molar-refractivity contribution >= 4 is 11.7 Å². The number of anilines is 1. The third-order valence-corrected chi connectivity index (χ3v) is 5.29. The van der Waals surface area contributed by atoms with Gasteiger partial charge in [0.05, 0.1) is 29.7 Å². The molecule has 1 aliphatic heterocycles. The highest BCUT2D eigenvalue weighted by molar-refractivity contribution is 6.04. The van der Waals surface area contributed by atoms with E-state index in [1.54, 1.807) is 6.20 Å². The summed E-state index contributed by atoms with van der Waals surface area (Å²) in [5.74, 6) is 0.608. The van der Waals surface area contributed by atoms with Gasteiger partial charge in [-0.15, -0.1) is 0 Å². The van der Waals surface area contributed by atoms with E-state index in [1.165, 1.54) is 0 Å². The highest BCUT2D eigenvalue weighted by Crippen LogP contribution is 2.25. The summed E-state index contributed by atoms with van der Waals surface area (Å²) in [7, 11) is 0. The molecule has 2 N–H and O–H groups in total. The highest BCUT2D eigenvalue weighted by atomic mass is 16.5. The molecule has 1 fully saturated rings. The van der Waals surface area contributed by atoms with Crippen LogP contribution in [0.1, 0.15) is 51.6 Å². The molecule has 7 nitrogen and oxygen atoms in total. The number of aromatic amines is 1. The zero-order valence-electron chi connectivity index (χ0n) is 16.5. The lowest BCUT2D eigenvalue weighted by Gasteiger charge is -2.20. The molecule has 7 heteroatoms. The van der Waals surface area contributed by atoms with E-state index in [-0.39, 0.29) is 5.91 Å². The molecule has 1 aromatic carbocycles. The topological polar surface area (TPSA) is 84.8 Å². The maximum atomic E-state index is 12.8. The Morgan fingerprint density at radius 2 is 2.14 bits per heavy atom. The number of amides is 1. The number of aryl methyl sites for hydroxylation is 2. The van der Waals surface area contributed by atoms with Gasteiger partial charge in [0, 0.05) is 24.3 Å². The van der Waals surface area contributed by atoms with Gasteiger partial charge in [0.1, 0.15) is 0 Å². The summed E-state index contributed by atoms with van der Waals surface area (Å²) in [5, 5.41) is 14.6. The molecule has 1 atom stereocenters. The maximum Gasteiger partial charge on any atom is 0.260 e. The van der Waals surface area contributed by atoms with Crippen molar-refractivity contribution in [3.63, 3.8) is 0 Å². The third-order valence-electron chi connectivity index (χ3n) is 5.29. The van der Waals surface area contributed by atoms with Crippen molar-refractivity contribution in [2.24, 2.45) is 0 Å². The predicted molar refractivity (Wildman–Crippen MR) is 107 cm³/mol. The van der Waals surface area contributed by atoms with Crippen LogP contribution in [0.3, 0.4) is 0 Å². The SMILES string of the molecule is Cc1ccc(C)c(-n2ncc(C(=O)Nc3cc(C4CCCOC4)[nH]n3)c2C)c1. The molecule has 0 aliphatic carbocycles. The van der Waals surface area contributed by atoms with Gasteiger partial charge < -0.3 is 10.1 Å². The van der Waals surface area contributed by atoms with Gasteiger partial charge in [0.25, 0.3) is 5.91 Å². The molecule has 0 spiro atoms. The van der Waals surface area contributed by atoms with Crippen molar-refractivity contribution in [1.29, 1.82) is 0 Å². The Balaban J connectivity index is 1.52. The molecule has 1 amide bonds. The van der Waals surface area contributed by atoms with Crippen molar-refractivity contribution in [1.82, 2.24) is 20.0 Å². The van der Waals surface area contributed by atoms with Crippen LogP contribution in [0.15, 0.2) is 30.5 Å². The van der Waals surface area contributed by atoms with Gasteiger partial charge in [-0.25, -0.2) is 4.68 Å². The number of aromatic nitrogens is 4. The molecule has 1 unspecified atom stereocenters. The van der Waals surface area contributed by atoms with Crippen molar-refractivity contribution in [2.75, 3.05) is 18.5 Å². The van der Waals surface area contributed by atoms with Crippen LogP contribution in [-0.2, 0) is 4.74 Å². The first-order valence-electron chi connectivity index (χ1n) is 9.59. The zero-order chi connectivity index (χ0) is 19.7. The Bertz CT molecular complexity index is 998. The van der Waals surface area contributed by atoms with Crippen LogP contribution in [0.5, 0.6) is 0 Å². The Kier molecular flexibility index (Phi) is 5.00. The van der Waals surface area contributed by atoms with Gasteiger partial charge >= 0.3 is 0 Å². The van der Waals surface area contributed by atoms with Crippen LogP contribution >= 0.6 is 0 Å². The lowest BCUT2D eigenvalue weighted by molar-refractivity contribution is 0.0793. The Morgan fingerprint density at radius 1 is 1.29 bits per heavy atom. The zero-order valence-corrected chi connectivity index (χ0v) is 16.5. The number of hydrogen-bond donors (Lipinski definition) is 2. The van der Waals surface area contributed by atoms with Gasteiger partial charge in [-0.05, 0) is 50.8 Å². The van der Waals surface area contributed by atoms with E-state index in [4.69, 9.17) is 4.74 Å². The van der Waals surface area contributed by atoms with E-state index < -0.39 is 0 Å². The number of carbonyl (C=O) groups excluding carboxylic acids is 1. The average molecular weight is 379 g/mol. The van der Waals surface area contributed by atoms with Gasteiger partial charge in [-0.2, -0.15) is 10.2 Å². The molecule has 1 saturated heterocycles. The minimum absolute atomic E-state index is 0.216. The summed E-state index contributed by atoms with van der Waals surface area (Å²) in [6.45, 7) is 7.49. The second-order valence-electron chi connectivity index (χ2n) is 7.42. The third kappa shape index (κ3) is 3.57. The van der Waals surface area contributed by atoms with E-state index in [2.05, 4.69) is 38.8 Å². The Labute approximate surface area is 164 Å². The second-order valence-corrected chi connectivity index (χ2v) is 7.42. The monoisotopic (exact) mass is 379 g/mol. The van der Waals surface area contributed by atoms with Crippen molar-refractivity contribution < 1.29 is 9.53 Å². The van der Waals surface area contributed by atoms with E-state index in [9.17, 15) is 4.79 Å². The summed E-state index contributed by atoms with van der Waals surface area (Å²) < 4.78 is 7.34. The fraction of sp³-hybridized carbons (Fsp3) is 0.381. The molecule has 2 aromatic heterocycles. The predicted octanol–water partition coefficient (Wildman–Crippen LogP) is 3.67. The molecular weight excluding hydrogens is 354 g/mol. The van der Waals surface area contributed by atoms with Crippen LogP contribution in [0, 0.1) is 20.8 Å². The molecular formula is C21H25N5O2. The molecule has 3 aromatic rings. The number of nitrogens with zero attached hydrogens (tertiary/aromatic N) is 3. The molecule has 4 rings (SSSR count). The number of H-pyrrole nitrogens is 1. The summed E-state index contributed by atoms with van der Waals surface area (Å²) in [5.41, 5.74) is 5.57. The van der Waals surface area contributed by atoms with Gasteiger partial charge in [0.15, 0.2) is 5.82 Å². The normalized spacial score (nSPS) is 16.9. The van der Waals surface area contributed by atoms with Gasteiger partial charge in [-0.3, -0.25) is 9.89 Å². The fourth-order valence-corrected chi connectivity index (χ4v) is 3.60. The van der Waals surface area contributed by atoms with Crippen molar-refractivity contribution in [3.05, 3.63) is 58.5 Å². The first-order valence-corrected chi connectivity index (χ1v) is 9.59. The van der Waals surface area contributed by atoms with E-state index >= 15 is 0 Å². The van der Waals surface area contributed by atoms with Crippen LogP contribution in [0.25, 0.3) is 5.69 Å². The van der Waals surface area contributed by atoms with Crippen molar-refractivity contribution in [3.8, 4) is 5.69 Å². The maximum absolute atomic E-state index is 12.8. The lowest BCUT2D eigenvalue weighted by Crippen LogP contribution is -2.15. The molecule has 28 heavy (non-hydrogen) atoms. The van der Waals surface area contributed by atoms with E-state index in [1.807, 2.05) is 31.5 Å². The molecule has 0 saturated carbocycles. The number of carbonyl (C=O) groups is 1. The number of nitrogens with one attached hydrogen (secondary N) is 2. The second kappa shape index (κ2) is 7.59. The Morgan fingerprint density at radius 3 is 2.93 bits per heavy atom. The summed E-state index contributed by atoms with van der Waals surface area (Å²) in [4.78, 5) is 12.8. The molecule has 146 valence electrons. The summed E-state index contributed by atoms with van der Waals surface area (Å²) in [6.07, 6.45) is 3.72. The standard InChI is InChI=1S/C21H25N5O2/c1-13-6-7-14(2)19(9-13)26-15(3)17(11-22-26)21(27)23-20-10-18(24-25-20)16-5-4-8-28-12-16/h6-7,9-11,16H,4-5,8,12H2,1-3H3,(H2,23,24,25,27). The van der Waals surface area contributed by atoms with E-state index in [0.29, 0.717) is 23.9 Å². The minimum Gasteiger partial charge on any atom is -0.381 e. The average Bonchev–Trinajstić information content (AvgIpc) is 3.31. The van der Waals surface area contributed by atoms with Crippen LogP contribution in [0.4, 0.5) is 5.82 Å². The Hall–Kier alpha value is -2.93. The van der Waals surface area contributed by atoms with Crippen molar-refractivity contribution in [2.45, 2.75) is 39.5 Å². The number of benzene rings is 1. The molecule has 0 radical (unpaired) electrons. The molecule has 3 heterocycles. The number of rotatable bonds is 4. The first kappa shape index (κ1) is 18.4. The highest BCUT2D eigenvalue weighted by Gasteiger charge is 2.20. The smallest absolute Gasteiger partial charge is 0.260 e. The van der Waals surface area contributed by atoms with E-state index in [0.717, 1.165) is 47.7 Å². The largest absolute Gasteiger partial charge is 0.381 e. The first-order chi connectivity index (χ1) is 13.5. The quantitative estimate of drug-likeness (QED) is 0.724. The summed E-state index contributed by atoms with van der Waals surface area (Å²) in [6, 6.07) is 8.09. The van der Waals surface area contributed by atoms with Crippen LogP contribution in [-0.4, -0.2) is 39.1 Å². The minimum atomic E-state index is -0.216. The molecule has 1 aliphatic rings. The number of hydrogen-bond acceptors (Lipinski definition) is 4. The van der Waals surface area contributed by atoms with Gasteiger partial charge in [-0.1, -0.05) is 12.1 Å². The fourth-order valence-electron chi connectivity index (χ4n) is 3.60.